The summed E-state index contributed by atoms with van der Waals surface area (Å²) in [6, 6.07) is 30.8. The number of fused-ring (bicyclic) bond motifs is 8. The number of anilines is 1. The van der Waals surface area contributed by atoms with Gasteiger partial charge in [-0.2, -0.15) is 0 Å². The molecule has 3 aliphatic rings. The van der Waals surface area contributed by atoms with Crippen LogP contribution in [-0.4, -0.2) is 137 Å². The van der Waals surface area contributed by atoms with Crippen LogP contribution in [0.3, 0.4) is 0 Å². The molecule has 3 amide bonds. The molecule has 18 nitrogen and oxygen atoms in total. The molecule has 1 fully saturated rings. The number of carboxylic acids is 1. The normalized spacial score (nSPS) is 14.7. The molecule has 4 N–H and O–H groups in total. The largest absolute Gasteiger partial charge is 0.481 e. The minimum Gasteiger partial charge on any atom is -0.481 e. The standard InChI is InChI=1S/C67H70N8O10/c1-41-37-43(3)61(44(4)38-41)65-54-19-15-50(68-54)63(47-11-7-9-13-49(47)72-67(79)74-27-31-84-35-33-82-29-25-73(59(76)23-24-60(77)78)26-30-83-34-36-85-32-28-74)51-16-20-55(69-51)66(62-45(5)39-42(2)40-46(62)6)57-22-18-53(71-57)64(52-17-21-56(65)70-52)48-12-8-10-14-58(48)75(80)81/h7-22,37-40,68,71H,23-36H2,1-6H3,(H,72,79)(H,77,78). The van der Waals surface area contributed by atoms with Gasteiger partial charge in [0.05, 0.1) is 98.2 Å². The maximum absolute atomic E-state index is 14.8. The smallest absolute Gasteiger partial charge is 0.322 e. The molecule has 10 rings (SSSR count). The Labute approximate surface area is 493 Å². The third kappa shape index (κ3) is 13.5. The highest BCUT2D eigenvalue weighted by molar-refractivity contribution is 6.04. The van der Waals surface area contributed by atoms with Gasteiger partial charge in [-0.15, -0.1) is 0 Å². The molecule has 438 valence electrons. The van der Waals surface area contributed by atoms with Gasteiger partial charge in [-0.1, -0.05) is 65.7 Å². The van der Waals surface area contributed by atoms with Gasteiger partial charge >= 0.3 is 12.0 Å². The van der Waals surface area contributed by atoms with Crippen LogP contribution in [-0.2, 0) is 28.5 Å². The number of aryl methyl sites for hydroxylation is 6. The van der Waals surface area contributed by atoms with E-state index >= 15 is 0 Å². The van der Waals surface area contributed by atoms with E-state index in [1.165, 1.54) is 6.07 Å². The van der Waals surface area contributed by atoms with Gasteiger partial charge in [0.2, 0.25) is 5.91 Å². The average molecular weight is 1150 g/mol. The molecule has 3 aliphatic heterocycles. The molecule has 4 aromatic carbocycles. The van der Waals surface area contributed by atoms with Gasteiger partial charge in [0.15, 0.2) is 0 Å². The fourth-order valence-electron chi connectivity index (χ4n) is 11.7. The highest BCUT2D eigenvalue weighted by atomic mass is 16.6. The number of aromatic amines is 2. The van der Waals surface area contributed by atoms with Crippen molar-refractivity contribution in [3.05, 3.63) is 163 Å². The van der Waals surface area contributed by atoms with Crippen LogP contribution in [0.15, 0.2) is 97.1 Å². The van der Waals surface area contributed by atoms with E-state index in [9.17, 15) is 24.5 Å². The van der Waals surface area contributed by atoms with Crippen LogP contribution >= 0.6 is 0 Å². The number of benzene rings is 4. The number of aliphatic carboxylic acids is 1. The lowest BCUT2D eigenvalue weighted by atomic mass is 9.92. The zero-order valence-corrected chi connectivity index (χ0v) is 48.8. The summed E-state index contributed by atoms with van der Waals surface area (Å²) in [6.45, 7) is 15.4. The lowest BCUT2D eigenvalue weighted by Crippen LogP contribution is -2.40. The van der Waals surface area contributed by atoms with Crippen molar-refractivity contribution >= 4 is 75.7 Å². The molecule has 0 spiro atoms. The molecule has 85 heavy (non-hydrogen) atoms. The molecule has 1 saturated heterocycles. The molecule has 0 aliphatic carbocycles. The summed E-state index contributed by atoms with van der Waals surface area (Å²) >= 11 is 0. The van der Waals surface area contributed by atoms with Gasteiger partial charge < -0.3 is 49.1 Å². The number of hydrogen-bond donors (Lipinski definition) is 4. The number of rotatable bonds is 9. The third-order valence-corrected chi connectivity index (χ3v) is 15.4. The lowest BCUT2D eigenvalue weighted by molar-refractivity contribution is -0.384. The molecule has 8 bridgehead atoms. The number of nitro groups is 1. The summed E-state index contributed by atoms with van der Waals surface area (Å²) in [5.74, 6) is -1.32. The van der Waals surface area contributed by atoms with Gasteiger partial charge in [-0.3, -0.25) is 19.7 Å². The summed E-state index contributed by atoms with van der Waals surface area (Å²) in [7, 11) is 0. The van der Waals surface area contributed by atoms with Crippen molar-refractivity contribution < 1.29 is 43.4 Å². The van der Waals surface area contributed by atoms with Gasteiger partial charge in [0.25, 0.3) is 5.69 Å². The summed E-state index contributed by atoms with van der Waals surface area (Å²) in [4.78, 5) is 72.9. The topological polar surface area (TPSA) is 227 Å². The van der Waals surface area contributed by atoms with Crippen LogP contribution in [0.2, 0.25) is 0 Å². The number of carbonyl (C=O) groups is 3. The number of aromatic nitrogens is 4. The van der Waals surface area contributed by atoms with Crippen molar-refractivity contribution in [1.29, 1.82) is 0 Å². The molecule has 7 aromatic rings. The second-order valence-corrected chi connectivity index (χ2v) is 21.5. The van der Waals surface area contributed by atoms with E-state index < -0.39 is 5.97 Å². The van der Waals surface area contributed by atoms with Crippen molar-refractivity contribution in [3.63, 3.8) is 0 Å². The quantitative estimate of drug-likeness (QED) is 0.0782. The predicted molar refractivity (Wildman–Crippen MR) is 333 cm³/mol. The number of nitrogens with zero attached hydrogens (tertiary/aromatic N) is 5. The van der Waals surface area contributed by atoms with Gasteiger partial charge in [0.1, 0.15) is 0 Å². The van der Waals surface area contributed by atoms with Gasteiger partial charge in [0, 0.05) is 88.6 Å². The Bertz CT molecular complexity index is 3830. The fourth-order valence-corrected chi connectivity index (χ4v) is 11.7. The lowest BCUT2D eigenvalue weighted by Gasteiger charge is -2.24. The fraction of sp³-hybridized carbons (Fsp3) is 0.299. The second kappa shape index (κ2) is 26.7. The SMILES string of the molecule is Cc1cc(C)c(-c2c3nc(c(-c4ccccc4[N+](=O)[O-])c4ccc([nH]4)c(-c4c(C)cc(C)cc4C)c4nc(c(-c5ccccc5NC(=O)N5CCOCCOCCN(C(=O)CCC(=O)O)CCOCCOCC5)c5ccc2[nH]5)C=C4)C=C3)c(C)c1. The van der Waals surface area contributed by atoms with Crippen LogP contribution < -0.4 is 5.32 Å². The highest BCUT2D eigenvalue weighted by Crippen LogP contribution is 2.43. The Morgan fingerprint density at radius 1 is 0.518 bits per heavy atom. The average Bonchev–Trinajstić information content (AvgIpc) is 1.99. The summed E-state index contributed by atoms with van der Waals surface area (Å²) in [5.41, 5.74) is 18.4. The van der Waals surface area contributed by atoms with Crippen LogP contribution in [0.4, 0.5) is 16.2 Å². The first-order chi connectivity index (χ1) is 41.1. The van der Waals surface area contributed by atoms with E-state index in [4.69, 9.17) is 34.0 Å². The minimum atomic E-state index is -1.04. The van der Waals surface area contributed by atoms with Gasteiger partial charge in [-0.25, -0.2) is 14.8 Å². The number of H-pyrrole nitrogens is 2. The number of hydrogen-bond acceptors (Lipinski definition) is 11. The van der Waals surface area contributed by atoms with Crippen molar-refractivity contribution in [1.82, 2.24) is 29.7 Å². The van der Waals surface area contributed by atoms with E-state index in [0.29, 0.717) is 50.7 Å². The predicted octanol–water partition coefficient (Wildman–Crippen LogP) is 12.7. The minimum absolute atomic E-state index is 0.0490. The molecular weight excluding hydrogens is 1080 g/mol. The van der Waals surface area contributed by atoms with Crippen molar-refractivity contribution in [2.75, 3.05) is 84.4 Å². The van der Waals surface area contributed by atoms with E-state index in [-0.39, 0.29) is 114 Å². The molecule has 3 aromatic heterocycles. The molecule has 18 heteroatoms. The van der Waals surface area contributed by atoms with Crippen LogP contribution in [0.25, 0.3) is 90.9 Å². The third-order valence-electron chi connectivity index (χ3n) is 15.4. The van der Waals surface area contributed by atoms with Crippen molar-refractivity contribution in [3.8, 4) is 44.5 Å². The second-order valence-electron chi connectivity index (χ2n) is 21.5. The van der Waals surface area contributed by atoms with Crippen molar-refractivity contribution in [2.24, 2.45) is 0 Å². The number of nitro benzene ring substituents is 1. The maximum atomic E-state index is 14.8. The first-order valence-corrected chi connectivity index (χ1v) is 28.7. The Morgan fingerprint density at radius 3 is 1.35 bits per heavy atom. The zero-order valence-electron chi connectivity index (χ0n) is 48.8. The van der Waals surface area contributed by atoms with Crippen LogP contribution in [0.1, 0.15) is 69.0 Å². The molecule has 0 unspecified atom stereocenters. The van der Waals surface area contributed by atoms with Crippen molar-refractivity contribution in [2.45, 2.75) is 54.4 Å². The van der Waals surface area contributed by atoms with Crippen LogP contribution in [0, 0.1) is 51.7 Å². The van der Waals surface area contributed by atoms with Gasteiger partial charge in [-0.05, 0) is 136 Å². The molecule has 0 radical (unpaired) electrons. The Hall–Kier alpha value is -9.07. The highest BCUT2D eigenvalue weighted by Gasteiger charge is 2.26. The number of para-hydroxylation sites is 2. The molecular formula is C67H70N8O10. The van der Waals surface area contributed by atoms with Crippen LogP contribution in [0.5, 0.6) is 0 Å². The maximum Gasteiger partial charge on any atom is 0.322 e. The Kier molecular flexibility index (Phi) is 18.5. The summed E-state index contributed by atoms with van der Waals surface area (Å²) < 4.78 is 23.5. The number of amides is 3. The number of urea groups is 1. The number of nitrogens with one attached hydrogen (secondary N) is 3. The number of carboxylic acid groups (broad SMARTS) is 1. The number of ether oxygens (including phenoxy) is 4. The van der Waals surface area contributed by atoms with E-state index in [1.807, 2.05) is 78.9 Å². The van der Waals surface area contributed by atoms with E-state index in [2.05, 4.69) is 81.1 Å². The molecule has 0 saturated carbocycles. The monoisotopic (exact) mass is 1150 g/mol. The Morgan fingerprint density at radius 2 is 0.906 bits per heavy atom. The zero-order chi connectivity index (χ0) is 59.7. The first-order valence-electron chi connectivity index (χ1n) is 28.7. The molecule has 6 heterocycles. The first kappa shape index (κ1) is 59.1. The van der Waals surface area contributed by atoms with E-state index in [1.54, 1.807) is 21.9 Å². The Balaban J connectivity index is 1.11. The van der Waals surface area contributed by atoms with E-state index in [0.717, 1.165) is 77.7 Å². The summed E-state index contributed by atoms with van der Waals surface area (Å²) in [6.07, 6.45) is 7.57. The number of carbonyl (C=O) groups excluding carboxylic acids is 2. The summed E-state index contributed by atoms with van der Waals surface area (Å²) in [5, 5.41) is 25.2. The molecule has 0 atom stereocenters.